The zero-order chi connectivity index (χ0) is 24.3. The average Bonchev–Trinajstić information content (AvgIpc) is 3.31. The molecule has 1 saturated heterocycles. The molecule has 7 nitrogen and oxygen atoms in total. The molecule has 1 aromatic carbocycles. The van der Waals surface area contributed by atoms with Gasteiger partial charge in [0.15, 0.2) is 12.2 Å². The van der Waals surface area contributed by atoms with E-state index in [0.29, 0.717) is 29.8 Å². The third kappa shape index (κ3) is 3.58. The van der Waals surface area contributed by atoms with Crippen LogP contribution in [0.5, 0.6) is 5.75 Å². The number of hydrogen-bond acceptors (Lipinski definition) is 5. The Labute approximate surface area is 197 Å². The molecular formula is C24H26F2N3O4P. The minimum absolute atomic E-state index is 0.0248. The number of nitrogens with zero attached hydrogens (tertiary/aromatic N) is 3. The number of allylic oxidation sites excluding steroid dienone is 3. The Bertz CT molecular complexity index is 1190. The summed E-state index contributed by atoms with van der Waals surface area (Å²) in [6.07, 6.45) is 10.3. The van der Waals surface area contributed by atoms with Gasteiger partial charge in [-0.25, -0.2) is 0 Å². The van der Waals surface area contributed by atoms with Gasteiger partial charge in [0.1, 0.15) is 5.75 Å². The zero-order valence-electron chi connectivity index (χ0n) is 18.6. The third-order valence-corrected chi connectivity index (χ3v) is 7.41. The lowest BCUT2D eigenvalue weighted by atomic mass is 9.80. The third-order valence-electron chi connectivity index (χ3n) is 6.97. The molecule has 0 bridgehead atoms. The number of aryl methyl sites for hydroxylation is 1. The smallest absolute Gasteiger partial charge is 0.291 e. The van der Waals surface area contributed by atoms with Crippen LogP contribution in [-0.2, 0) is 17.4 Å². The van der Waals surface area contributed by atoms with Crippen LogP contribution < -0.4 is 4.74 Å². The molecule has 2 aliphatic carbocycles. The number of rotatable bonds is 6. The molecule has 34 heavy (non-hydrogen) atoms. The number of carbonyl (C=O) groups is 1. The monoisotopic (exact) mass is 489 g/mol. The molecule has 3 aliphatic rings. The van der Waals surface area contributed by atoms with E-state index in [2.05, 4.69) is 5.10 Å². The fraction of sp³-hybridized carbons (Fsp3) is 0.417. The molecule has 0 saturated carbocycles. The quantitative estimate of drug-likeness (QED) is 0.609. The van der Waals surface area contributed by atoms with Crippen molar-refractivity contribution < 1.29 is 28.5 Å². The zero-order valence-corrected chi connectivity index (χ0v) is 19.7. The van der Waals surface area contributed by atoms with Gasteiger partial charge >= 0.3 is 0 Å². The van der Waals surface area contributed by atoms with Crippen molar-refractivity contribution in [2.75, 3.05) is 26.3 Å². The number of fused-ring (bicyclic) bond motifs is 3. The summed E-state index contributed by atoms with van der Waals surface area (Å²) in [5, 5.41) is 24.9. The SMILES string of the molecule is Cn1cc(-c2cc(OCC(=O)N3CC(CO)C3)cc3c2C2C=CC=CC2C3(O)C(F)(F)P)cn1. The standard InChI is InChI=1S/C24H26F2N3O4P/c1-28-11-15(8-27-28)18-6-16(33-13-21(31)29-9-14(10-29)12-30)7-20-22(18)17-4-2-3-5-19(17)23(20,32)24(25,26)34/h2-8,11,14,17,19,30,32H,9-10,12-13,34H2,1H3. The summed E-state index contributed by atoms with van der Waals surface area (Å²) in [5.74, 6) is -1.30. The van der Waals surface area contributed by atoms with E-state index < -0.39 is 23.1 Å². The second kappa shape index (κ2) is 8.26. The number of carbonyl (C=O) groups excluding carboxylic acids is 1. The highest BCUT2D eigenvalue weighted by Gasteiger charge is 2.62. The largest absolute Gasteiger partial charge is 0.484 e. The van der Waals surface area contributed by atoms with Crippen LogP contribution in [0.4, 0.5) is 8.78 Å². The second-order valence-corrected chi connectivity index (χ2v) is 9.91. The molecule has 5 rings (SSSR count). The van der Waals surface area contributed by atoms with Gasteiger partial charge in [-0.1, -0.05) is 33.5 Å². The van der Waals surface area contributed by atoms with E-state index in [-0.39, 0.29) is 36.4 Å². The van der Waals surface area contributed by atoms with Gasteiger partial charge in [-0.15, -0.1) is 0 Å². The van der Waals surface area contributed by atoms with Gasteiger partial charge in [-0.05, 0) is 28.8 Å². The van der Waals surface area contributed by atoms with E-state index in [4.69, 9.17) is 9.84 Å². The van der Waals surface area contributed by atoms with Crippen molar-refractivity contribution in [3.8, 4) is 16.9 Å². The summed E-state index contributed by atoms with van der Waals surface area (Å²) >= 11 is 0. The minimum Gasteiger partial charge on any atom is -0.484 e. The van der Waals surface area contributed by atoms with Crippen molar-refractivity contribution in [1.29, 1.82) is 0 Å². The summed E-state index contributed by atoms with van der Waals surface area (Å²) in [6.45, 7) is 0.679. The van der Waals surface area contributed by atoms with Crippen molar-refractivity contribution in [1.82, 2.24) is 14.7 Å². The Kier molecular flexibility index (Phi) is 5.62. The Morgan fingerprint density at radius 3 is 2.71 bits per heavy atom. The number of aromatic nitrogens is 2. The van der Waals surface area contributed by atoms with Gasteiger partial charge in [0.25, 0.3) is 11.6 Å². The molecule has 0 radical (unpaired) electrons. The summed E-state index contributed by atoms with van der Waals surface area (Å²) in [6, 6.07) is 3.14. The van der Waals surface area contributed by atoms with Crippen LogP contribution in [0.3, 0.4) is 0 Å². The number of halogens is 2. The van der Waals surface area contributed by atoms with Crippen LogP contribution in [0.2, 0.25) is 0 Å². The van der Waals surface area contributed by atoms with E-state index in [1.54, 1.807) is 53.3 Å². The van der Waals surface area contributed by atoms with Crippen LogP contribution in [-0.4, -0.2) is 62.8 Å². The second-order valence-electron chi connectivity index (χ2n) is 9.18. The van der Waals surface area contributed by atoms with Crippen LogP contribution in [0.15, 0.2) is 48.8 Å². The van der Waals surface area contributed by atoms with Gasteiger partial charge in [-0.2, -0.15) is 13.9 Å². The topological polar surface area (TPSA) is 87.8 Å². The molecule has 1 fully saturated rings. The fourth-order valence-electron chi connectivity index (χ4n) is 5.17. The Morgan fingerprint density at radius 2 is 2.06 bits per heavy atom. The Hall–Kier alpha value is -2.61. The minimum atomic E-state index is -3.52. The molecular weight excluding hydrogens is 463 g/mol. The van der Waals surface area contributed by atoms with Gasteiger partial charge in [0.05, 0.1) is 6.20 Å². The van der Waals surface area contributed by atoms with Crippen LogP contribution >= 0.6 is 9.24 Å². The molecule has 180 valence electrons. The number of amides is 1. The maximum Gasteiger partial charge on any atom is 0.291 e. The Balaban J connectivity index is 1.57. The van der Waals surface area contributed by atoms with Crippen molar-refractivity contribution in [3.05, 3.63) is 60.0 Å². The molecule has 4 atom stereocenters. The highest BCUT2D eigenvalue weighted by atomic mass is 31.0. The van der Waals surface area contributed by atoms with Crippen molar-refractivity contribution in [3.63, 3.8) is 0 Å². The molecule has 2 N–H and O–H groups in total. The van der Waals surface area contributed by atoms with Crippen molar-refractivity contribution >= 4 is 15.1 Å². The molecule has 1 amide bonds. The number of hydrogen-bond donors (Lipinski definition) is 2. The van der Waals surface area contributed by atoms with E-state index in [1.807, 2.05) is 6.08 Å². The first-order valence-corrected chi connectivity index (χ1v) is 11.6. The lowest BCUT2D eigenvalue weighted by Crippen LogP contribution is -2.52. The van der Waals surface area contributed by atoms with E-state index in [1.165, 1.54) is 15.3 Å². The highest BCUT2D eigenvalue weighted by molar-refractivity contribution is 7.18. The summed E-state index contributed by atoms with van der Waals surface area (Å²) in [5.41, 5.74) is -4.01. The normalized spacial score (nSPS) is 25.8. The number of likely N-dealkylation sites (tertiary alicyclic amines) is 1. The number of benzene rings is 1. The summed E-state index contributed by atoms with van der Waals surface area (Å²) < 4.78 is 37.4. The first kappa shape index (κ1) is 23.1. The summed E-state index contributed by atoms with van der Waals surface area (Å²) in [7, 11) is 3.25. The highest BCUT2D eigenvalue weighted by Crippen LogP contribution is 2.62. The number of aliphatic hydroxyl groups excluding tert-OH is 1. The van der Waals surface area contributed by atoms with Crippen molar-refractivity contribution in [2.45, 2.75) is 17.2 Å². The van der Waals surface area contributed by atoms with Gasteiger partial charge in [-0.3, -0.25) is 9.48 Å². The van der Waals surface area contributed by atoms with Crippen molar-refractivity contribution in [2.24, 2.45) is 18.9 Å². The number of alkyl halides is 2. The summed E-state index contributed by atoms with van der Waals surface area (Å²) in [4.78, 5) is 14.0. The van der Waals surface area contributed by atoms with Crippen LogP contribution in [0, 0.1) is 11.8 Å². The maximum absolute atomic E-state index is 15.0. The molecule has 1 aromatic heterocycles. The molecule has 4 unspecified atom stereocenters. The fourth-order valence-corrected chi connectivity index (χ4v) is 5.52. The van der Waals surface area contributed by atoms with Gasteiger partial charge < -0.3 is 19.8 Å². The molecule has 0 spiro atoms. The van der Waals surface area contributed by atoms with E-state index in [9.17, 15) is 18.7 Å². The van der Waals surface area contributed by atoms with Crippen LogP contribution in [0.25, 0.3) is 11.1 Å². The predicted molar refractivity (Wildman–Crippen MR) is 124 cm³/mol. The maximum atomic E-state index is 15.0. The van der Waals surface area contributed by atoms with Crippen LogP contribution in [0.1, 0.15) is 17.0 Å². The van der Waals surface area contributed by atoms with E-state index in [0.717, 1.165) is 0 Å². The number of aliphatic hydroxyl groups is 2. The Morgan fingerprint density at radius 1 is 1.32 bits per heavy atom. The first-order chi connectivity index (χ1) is 16.1. The van der Waals surface area contributed by atoms with Gasteiger partial charge in [0.2, 0.25) is 0 Å². The molecule has 2 aromatic rings. The average molecular weight is 489 g/mol. The molecule has 1 aliphatic heterocycles. The molecule has 10 heteroatoms. The lowest BCUT2D eigenvalue weighted by molar-refractivity contribution is -0.147. The first-order valence-electron chi connectivity index (χ1n) is 11.1. The molecule has 2 heterocycles. The van der Waals surface area contributed by atoms with E-state index >= 15 is 0 Å². The predicted octanol–water partition coefficient (Wildman–Crippen LogP) is 2.41. The van der Waals surface area contributed by atoms with Gasteiger partial charge in [0, 0.05) is 56.3 Å². The number of ether oxygens (including phenoxy) is 1. The lowest BCUT2D eigenvalue weighted by Gasteiger charge is -2.38.